The van der Waals surface area contributed by atoms with Gasteiger partial charge in [-0.15, -0.1) is 0 Å². The van der Waals surface area contributed by atoms with Gasteiger partial charge < -0.3 is 0 Å². The lowest BCUT2D eigenvalue weighted by molar-refractivity contribution is 0.131. The van der Waals surface area contributed by atoms with Gasteiger partial charge in [0.05, 0.1) is 6.17 Å². The number of fused-ring (bicyclic) bond motifs is 1. The highest BCUT2D eigenvalue weighted by Gasteiger charge is 2.26. The predicted octanol–water partition coefficient (Wildman–Crippen LogP) is 3.11. The van der Waals surface area contributed by atoms with Crippen LogP contribution in [0.1, 0.15) is 25.4 Å². The lowest BCUT2D eigenvalue weighted by Crippen LogP contribution is -2.34. The summed E-state index contributed by atoms with van der Waals surface area (Å²) in [6, 6.07) is 9.91. The van der Waals surface area contributed by atoms with E-state index in [9.17, 15) is 0 Å². The maximum absolute atomic E-state index is 4.80. The first-order chi connectivity index (χ1) is 10.8. The normalized spacial score (nSPS) is 19.6. The SMILES string of the molecule is CN1CCCCC1n1c(-c2ccccn2)nc2cccnc21. The molecule has 22 heavy (non-hydrogen) atoms. The monoisotopic (exact) mass is 293 g/mol. The van der Waals surface area contributed by atoms with Crippen molar-refractivity contribution in [2.24, 2.45) is 0 Å². The van der Waals surface area contributed by atoms with Crippen LogP contribution in [-0.4, -0.2) is 38.0 Å². The molecule has 0 amide bonds. The quantitative estimate of drug-likeness (QED) is 0.728. The molecule has 5 nitrogen and oxygen atoms in total. The first kappa shape index (κ1) is 13.4. The minimum absolute atomic E-state index is 0.297. The molecule has 4 heterocycles. The Morgan fingerprint density at radius 2 is 1.95 bits per heavy atom. The second kappa shape index (κ2) is 5.50. The average Bonchev–Trinajstić information content (AvgIpc) is 2.95. The summed E-state index contributed by atoms with van der Waals surface area (Å²) in [4.78, 5) is 16.3. The summed E-state index contributed by atoms with van der Waals surface area (Å²) in [5.74, 6) is 0.910. The van der Waals surface area contributed by atoms with E-state index >= 15 is 0 Å². The van der Waals surface area contributed by atoms with Gasteiger partial charge >= 0.3 is 0 Å². The van der Waals surface area contributed by atoms with Gasteiger partial charge in [0.1, 0.15) is 11.2 Å². The van der Waals surface area contributed by atoms with Gasteiger partial charge in [-0.25, -0.2) is 9.97 Å². The molecule has 1 aliphatic heterocycles. The van der Waals surface area contributed by atoms with E-state index in [0.29, 0.717) is 6.17 Å². The maximum Gasteiger partial charge on any atom is 0.162 e. The third-order valence-electron chi connectivity index (χ3n) is 4.37. The molecule has 0 radical (unpaired) electrons. The summed E-state index contributed by atoms with van der Waals surface area (Å²) in [7, 11) is 2.18. The molecular weight excluding hydrogens is 274 g/mol. The van der Waals surface area contributed by atoms with Crippen LogP contribution in [0, 0.1) is 0 Å². The van der Waals surface area contributed by atoms with E-state index in [1.807, 2.05) is 42.7 Å². The van der Waals surface area contributed by atoms with Crippen molar-refractivity contribution in [1.82, 2.24) is 24.4 Å². The zero-order chi connectivity index (χ0) is 14.9. The fourth-order valence-corrected chi connectivity index (χ4v) is 3.27. The standard InChI is InChI=1S/C17H19N5/c1-21-12-5-3-9-15(21)22-16-14(8-6-11-19-16)20-17(22)13-7-2-4-10-18-13/h2,4,6-8,10-11,15H,3,5,9,12H2,1H3. The van der Waals surface area contributed by atoms with Crippen LogP contribution in [0.2, 0.25) is 0 Å². The van der Waals surface area contributed by atoms with E-state index in [-0.39, 0.29) is 0 Å². The third kappa shape index (κ3) is 2.18. The topological polar surface area (TPSA) is 46.8 Å². The molecule has 1 saturated heterocycles. The minimum Gasteiger partial charge on any atom is -0.291 e. The largest absolute Gasteiger partial charge is 0.291 e. The number of hydrogen-bond donors (Lipinski definition) is 0. The minimum atomic E-state index is 0.297. The first-order valence-corrected chi connectivity index (χ1v) is 7.79. The van der Waals surface area contributed by atoms with Gasteiger partial charge in [-0.1, -0.05) is 6.07 Å². The van der Waals surface area contributed by atoms with Crippen molar-refractivity contribution in [3.63, 3.8) is 0 Å². The second-order valence-electron chi connectivity index (χ2n) is 5.82. The highest BCUT2D eigenvalue weighted by molar-refractivity contribution is 5.76. The van der Waals surface area contributed by atoms with Gasteiger partial charge in [0, 0.05) is 12.4 Å². The molecule has 1 aliphatic rings. The van der Waals surface area contributed by atoms with Crippen molar-refractivity contribution in [3.8, 4) is 11.5 Å². The summed E-state index contributed by atoms with van der Waals surface area (Å²) in [6.45, 7) is 1.11. The van der Waals surface area contributed by atoms with Crippen LogP contribution in [-0.2, 0) is 0 Å². The summed E-state index contributed by atoms with van der Waals surface area (Å²) < 4.78 is 2.26. The zero-order valence-corrected chi connectivity index (χ0v) is 12.7. The molecular formula is C17H19N5. The Morgan fingerprint density at radius 3 is 2.77 bits per heavy atom. The summed E-state index contributed by atoms with van der Waals surface area (Å²) in [6.07, 6.45) is 7.57. The van der Waals surface area contributed by atoms with Gasteiger partial charge in [-0.2, -0.15) is 0 Å². The van der Waals surface area contributed by atoms with E-state index in [2.05, 4.69) is 26.5 Å². The Labute approximate surface area is 129 Å². The van der Waals surface area contributed by atoms with Crippen LogP contribution in [0.3, 0.4) is 0 Å². The summed E-state index contributed by atoms with van der Waals surface area (Å²) in [5, 5.41) is 0. The number of likely N-dealkylation sites (tertiary alicyclic amines) is 1. The van der Waals surface area contributed by atoms with E-state index in [1.54, 1.807) is 0 Å². The van der Waals surface area contributed by atoms with Gasteiger partial charge in [-0.05, 0) is 57.1 Å². The number of hydrogen-bond acceptors (Lipinski definition) is 4. The van der Waals surface area contributed by atoms with Crippen LogP contribution < -0.4 is 0 Å². The fourth-order valence-electron chi connectivity index (χ4n) is 3.27. The van der Waals surface area contributed by atoms with Crippen LogP contribution >= 0.6 is 0 Å². The van der Waals surface area contributed by atoms with Crippen molar-refractivity contribution < 1.29 is 0 Å². The first-order valence-electron chi connectivity index (χ1n) is 7.79. The molecule has 5 heteroatoms. The lowest BCUT2D eigenvalue weighted by atomic mass is 10.1. The molecule has 3 aromatic heterocycles. The van der Waals surface area contributed by atoms with Gasteiger partial charge in [0.15, 0.2) is 11.5 Å². The average molecular weight is 293 g/mol. The van der Waals surface area contributed by atoms with Crippen LogP contribution in [0.4, 0.5) is 0 Å². The third-order valence-corrected chi connectivity index (χ3v) is 4.37. The van der Waals surface area contributed by atoms with Gasteiger partial charge in [0.25, 0.3) is 0 Å². The van der Waals surface area contributed by atoms with Gasteiger partial charge in [0.2, 0.25) is 0 Å². The maximum atomic E-state index is 4.80. The molecule has 4 rings (SSSR count). The zero-order valence-electron chi connectivity index (χ0n) is 12.7. The molecule has 1 unspecified atom stereocenters. The Balaban J connectivity index is 1.94. The second-order valence-corrected chi connectivity index (χ2v) is 5.82. The molecule has 0 aliphatic carbocycles. The number of piperidine rings is 1. The highest BCUT2D eigenvalue weighted by atomic mass is 15.3. The van der Waals surface area contributed by atoms with Crippen molar-refractivity contribution in [2.45, 2.75) is 25.4 Å². The lowest BCUT2D eigenvalue weighted by Gasteiger charge is -2.34. The van der Waals surface area contributed by atoms with Crippen LogP contribution in [0.5, 0.6) is 0 Å². The Hall–Kier alpha value is -2.27. The Morgan fingerprint density at radius 1 is 1.05 bits per heavy atom. The van der Waals surface area contributed by atoms with Crippen LogP contribution in [0.15, 0.2) is 42.7 Å². The van der Waals surface area contributed by atoms with Gasteiger partial charge in [-0.3, -0.25) is 14.5 Å². The molecule has 1 atom stereocenters. The van der Waals surface area contributed by atoms with E-state index in [1.165, 1.54) is 12.8 Å². The molecule has 3 aromatic rings. The van der Waals surface area contributed by atoms with Crippen LogP contribution in [0.25, 0.3) is 22.7 Å². The fraction of sp³-hybridized carbons (Fsp3) is 0.353. The predicted molar refractivity (Wildman–Crippen MR) is 86.3 cm³/mol. The van der Waals surface area contributed by atoms with Crippen molar-refractivity contribution in [1.29, 1.82) is 0 Å². The molecule has 112 valence electrons. The molecule has 0 saturated carbocycles. The molecule has 0 bridgehead atoms. The number of aromatic nitrogens is 4. The number of rotatable bonds is 2. The van der Waals surface area contributed by atoms with Crippen molar-refractivity contribution >= 4 is 11.2 Å². The number of pyridine rings is 2. The molecule has 0 spiro atoms. The number of imidazole rings is 1. The molecule has 0 aromatic carbocycles. The van der Waals surface area contributed by atoms with Crippen molar-refractivity contribution in [2.75, 3.05) is 13.6 Å². The summed E-state index contributed by atoms with van der Waals surface area (Å²) in [5.41, 5.74) is 2.78. The van der Waals surface area contributed by atoms with E-state index in [4.69, 9.17) is 4.98 Å². The van der Waals surface area contributed by atoms with E-state index in [0.717, 1.165) is 35.6 Å². The molecule has 1 fully saturated rings. The van der Waals surface area contributed by atoms with E-state index < -0.39 is 0 Å². The Bertz CT molecular complexity index is 780. The smallest absolute Gasteiger partial charge is 0.162 e. The summed E-state index contributed by atoms with van der Waals surface area (Å²) >= 11 is 0. The number of nitrogens with zero attached hydrogens (tertiary/aromatic N) is 5. The van der Waals surface area contributed by atoms with Crippen molar-refractivity contribution in [3.05, 3.63) is 42.7 Å². The highest BCUT2D eigenvalue weighted by Crippen LogP contribution is 2.32. The Kier molecular flexibility index (Phi) is 3.35. The molecule has 0 N–H and O–H groups in total.